The number of hydrogen-bond acceptors (Lipinski definition) is 5. The Balaban J connectivity index is 0.00000243. The molecule has 1 aromatic carbocycles. The van der Waals surface area contributed by atoms with Crippen LogP contribution in [-0.2, 0) is 10.5 Å². The zero-order chi connectivity index (χ0) is 17.6. The second kappa shape index (κ2) is 10.00. The Morgan fingerprint density at radius 2 is 2.15 bits per heavy atom. The van der Waals surface area contributed by atoms with Gasteiger partial charge in [-0.25, -0.2) is 4.98 Å². The van der Waals surface area contributed by atoms with Crippen LogP contribution in [0.15, 0.2) is 41.0 Å². The van der Waals surface area contributed by atoms with E-state index in [2.05, 4.69) is 11.9 Å². The van der Waals surface area contributed by atoms with Crippen LogP contribution in [0.5, 0.6) is 0 Å². The maximum absolute atomic E-state index is 12.5. The standard InChI is InChI=1S/C19H25N3O2S.ClH/c1-14-7-8-22(17(9-14)10-20)18(23)13-25-12-16-11-24-19(21-16)15-5-3-2-4-6-15;/h2-6,11,14,17H,7-10,12-13,20H2,1H3;1H. The van der Waals surface area contributed by atoms with Gasteiger partial charge in [0.25, 0.3) is 0 Å². The molecule has 0 bridgehead atoms. The predicted molar refractivity (Wildman–Crippen MR) is 108 cm³/mol. The molecule has 1 fully saturated rings. The summed E-state index contributed by atoms with van der Waals surface area (Å²) in [6.07, 6.45) is 3.75. The highest BCUT2D eigenvalue weighted by molar-refractivity contribution is 7.99. The number of aromatic nitrogens is 1. The minimum atomic E-state index is 0. The van der Waals surface area contributed by atoms with E-state index in [1.165, 1.54) is 0 Å². The summed E-state index contributed by atoms with van der Waals surface area (Å²) in [6.45, 7) is 3.60. The Morgan fingerprint density at radius 1 is 1.38 bits per heavy atom. The van der Waals surface area contributed by atoms with Crippen molar-refractivity contribution < 1.29 is 9.21 Å². The Hall–Kier alpha value is -1.50. The highest BCUT2D eigenvalue weighted by atomic mass is 35.5. The average molecular weight is 396 g/mol. The third kappa shape index (κ3) is 5.25. The molecule has 1 aliphatic heterocycles. The number of nitrogens with two attached hydrogens (primary N) is 1. The van der Waals surface area contributed by atoms with Crippen LogP contribution in [0.25, 0.3) is 11.5 Å². The summed E-state index contributed by atoms with van der Waals surface area (Å²) in [5.41, 5.74) is 7.67. The maximum Gasteiger partial charge on any atom is 0.232 e. The third-order valence-corrected chi connectivity index (χ3v) is 5.57. The number of carbonyl (C=O) groups is 1. The number of hydrogen-bond donors (Lipinski definition) is 1. The van der Waals surface area contributed by atoms with Gasteiger partial charge in [0.05, 0.1) is 11.4 Å². The maximum atomic E-state index is 12.5. The summed E-state index contributed by atoms with van der Waals surface area (Å²) < 4.78 is 5.53. The molecule has 0 radical (unpaired) electrons. The predicted octanol–water partition coefficient (Wildman–Crippen LogP) is 3.58. The van der Waals surface area contributed by atoms with Crippen molar-refractivity contribution in [1.82, 2.24) is 9.88 Å². The van der Waals surface area contributed by atoms with Crippen molar-refractivity contribution in [2.24, 2.45) is 11.7 Å². The molecule has 2 heterocycles. The quantitative estimate of drug-likeness (QED) is 0.809. The first-order valence-electron chi connectivity index (χ1n) is 8.74. The first kappa shape index (κ1) is 20.8. The summed E-state index contributed by atoms with van der Waals surface area (Å²) in [6, 6.07) is 10.0. The van der Waals surface area contributed by atoms with Crippen LogP contribution in [-0.4, -0.2) is 40.7 Å². The number of oxazole rings is 1. The van der Waals surface area contributed by atoms with E-state index >= 15 is 0 Å². The molecule has 1 amide bonds. The van der Waals surface area contributed by atoms with Crippen LogP contribution >= 0.6 is 24.2 Å². The van der Waals surface area contributed by atoms with E-state index in [0.29, 0.717) is 29.9 Å². The lowest BCUT2D eigenvalue weighted by Crippen LogP contribution is -2.49. The molecule has 2 atom stereocenters. The Labute approximate surface area is 165 Å². The molecule has 5 nitrogen and oxygen atoms in total. The summed E-state index contributed by atoms with van der Waals surface area (Å²) in [4.78, 5) is 19.0. The van der Waals surface area contributed by atoms with E-state index in [1.54, 1.807) is 18.0 Å². The molecule has 1 saturated heterocycles. The van der Waals surface area contributed by atoms with Crippen molar-refractivity contribution in [3.63, 3.8) is 0 Å². The molecule has 142 valence electrons. The first-order chi connectivity index (χ1) is 12.2. The van der Waals surface area contributed by atoms with Crippen LogP contribution in [0.1, 0.15) is 25.5 Å². The smallest absolute Gasteiger partial charge is 0.232 e. The van der Waals surface area contributed by atoms with Gasteiger partial charge in [-0.2, -0.15) is 0 Å². The highest BCUT2D eigenvalue weighted by Crippen LogP contribution is 2.24. The van der Waals surface area contributed by atoms with E-state index in [0.717, 1.165) is 30.6 Å². The molecule has 0 aliphatic carbocycles. The van der Waals surface area contributed by atoms with Gasteiger partial charge in [-0.3, -0.25) is 4.79 Å². The molecule has 7 heteroatoms. The van der Waals surface area contributed by atoms with Crippen molar-refractivity contribution in [3.8, 4) is 11.5 Å². The van der Waals surface area contributed by atoms with Crippen LogP contribution in [0.2, 0.25) is 0 Å². The summed E-state index contributed by atoms with van der Waals surface area (Å²) in [7, 11) is 0. The molecule has 3 rings (SSSR count). The van der Waals surface area contributed by atoms with Gasteiger partial charge in [0.15, 0.2) is 0 Å². The molecule has 26 heavy (non-hydrogen) atoms. The number of nitrogens with zero attached hydrogens (tertiary/aromatic N) is 2. The van der Waals surface area contributed by atoms with Crippen LogP contribution in [0.4, 0.5) is 0 Å². The summed E-state index contributed by atoms with van der Waals surface area (Å²) in [5.74, 6) is 2.57. The van der Waals surface area contributed by atoms with Gasteiger partial charge < -0.3 is 15.1 Å². The van der Waals surface area contributed by atoms with Gasteiger partial charge in [-0.15, -0.1) is 24.2 Å². The Bertz CT molecular complexity index is 695. The molecular formula is C19H26ClN3O2S. The minimum Gasteiger partial charge on any atom is -0.444 e. The van der Waals surface area contributed by atoms with Gasteiger partial charge >= 0.3 is 0 Å². The number of thioether (sulfide) groups is 1. The summed E-state index contributed by atoms with van der Waals surface area (Å²) in [5, 5.41) is 0. The second-order valence-electron chi connectivity index (χ2n) is 6.61. The fraction of sp³-hybridized carbons (Fsp3) is 0.474. The number of benzene rings is 1. The average Bonchev–Trinajstić information content (AvgIpc) is 3.11. The largest absolute Gasteiger partial charge is 0.444 e. The van der Waals surface area contributed by atoms with Crippen LogP contribution in [0.3, 0.4) is 0 Å². The van der Waals surface area contributed by atoms with Crippen LogP contribution in [0, 0.1) is 5.92 Å². The second-order valence-corrected chi connectivity index (χ2v) is 7.59. The summed E-state index contributed by atoms with van der Waals surface area (Å²) >= 11 is 1.58. The van der Waals surface area contributed by atoms with E-state index in [9.17, 15) is 4.79 Å². The number of rotatable bonds is 6. The van der Waals surface area contributed by atoms with Crippen molar-refractivity contribution in [2.75, 3.05) is 18.8 Å². The molecule has 2 N–H and O–H groups in total. The Kier molecular flexibility index (Phi) is 8.00. The number of amides is 1. The molecule has 0 spiro atoms. The SMILES string of the molecule is CC1CCN(C(=O)CSCc2coc(-c3ccccc3)n2)C(CN)C1.Cl. The van der Waals surface area contributed by atoms with Gasteiger partial charge in [0.2, 0.25) is 11.8 Å². The highest BCUT2D eigenvalue weighted by Gasteiger charge is 2.28. The fourth-order valence-electron chi connectivity index (χ4n) is 3.22. The van der Waals surface area contributed by atoms with Crippen LogP contribution < -0.4 is 5.73 Å². The molecule has 0 saturated carbocycles. The van der Waals surface area contributed by atoms with Crippen molar-refractivity contribution in [3.05, 3.63) is 42.3 Å². The fourth-order valence-corrected chi connectivity index (χ4v) is 4.00. The molecule has 1 aromatic heterocycles. The van der Waals surface area contributed by atoms with Crippen molar-refractivity contribution in [1.29, 1.82) is 0 Å². The number of carbonyl (C=O) groups excluding carboxylic acids is 1. The molecule has 1 aliphatic rings. The van der Waals surface area contributed by atoms with Gasteiger partial charge in [0.1, 0.15) is 6.26 Å². The first-order valence-corrected chi connectivity index (χ1v) is 9.90. The molecule has 2 aromatic rings. The topological polar surface area (TPSA) is 72.4 Å². The number of halogens is 1. The van der Waals surface area contributed by atoms with Gasteiger partial charge in [-0.1, -0.05) is 25.1 Å². The number of likely N-dealkylation sites (tertiary alicyclic amines) is 1. The Morgan fingerprint density at radius 3 is 2.88 bits per heavy atom. The zero-order valence-electron chi connectivity index (χ0n) is 15.0. The normalized spacial score (nSPS) is 19.8. The third-order valence-electron chi connectivity index (χ3n) is 4.62. The van der Waals surface area contributed by atoms with Crippen molar-refractivity contribution >= 4 is 30.1 Å². The lowest BCUT2D eigenvalue weighted by atomic mass is 9.92. The van der Waals surface area contributed by atoms with Crippen molar-refractivity contribution in [2.45, 2.75) is 31.6 Å². The van der Waals surface area contributed by atoms with E-state index in [-0.39, 0.29) is 24.4 Å². The molecular weight excluding hydrogens is 370 g/mol. The molecule has 2 unspecified atom stereocenters. The minimum absolute atomic E-state index is 0. The lowest BCUT2D eigenvalue weighted by Gasteiger charge is -2.38. The van der Waals surface area contributed by atoms with E-state index < -0.39 is 0 Å². The van der Waals surface area contributed by atoms with E-state index in [1.807, 2.05) is 35.2 Å². The van der Waals surface area contributed by atoms with Gasteiger partial charge in [0, 0.05) is 30.4 Å². The lowest BCUT2D eigenvalue weighted by molar-refractivity contribution is -0.132. The number of piperidine rings is 1. The van der Waals surface area contributed by atoms with Gasteiger partial charge in [-0.05, 0) is 30.9 Å². The zero-order valence-corrected chi connectivity index (χ0v) is 16.6. The van der Waals surface area contributed by atoms with E-state index in [4.69, 9.17) is 10.2 Å². The monoisotopic (exact) mass is 395 g/mol.